The fraction of sp³-hybridized carbons (Fsp3) is 0.308. The Kier molecular flexibility index (Phi) is 4.72. The van der Waals surface area contributed by atoms with E-state index in [-0.39, 0.29) is 19.8 Å². The molecular weight excluding hydrogens is 278 g/mol. The van der Waals surface area contributed by atoms with Gasteiger partial charge in [-0.15, -0.1) is 0 Å². The van der Waals surface area contributed by atoms with E-state index >= 15 is 0 Å². The van der Waals surface area contributed by atoms with Crippen molar-refractivity contribution in [3.8, 4) is 0 Å². The highest BCUT2D eigenvalue weighted by molar-refractivity contribution is 5.89. The number of nitrogens with zero attached hydrogens (tertiary/aromatic N) is 1. The van der Waals surface area contributed by atoms with E-state index in [0.717, 1.165) is 10.6 Å². The van der Waals surface area contributed by atoms with Crippen LogP contribution >= 0.6 is 0 Å². The highest BCUT2D eigenvalue weighted by atomic mass is 16.7. The first-order chi connectivity index (χ1) is 10.1. The molecule has 1 aromatic carbocycles. The lowest BCUT2D eigenvalue weighted by atomic mass is 10.2. The van der Waals surface area contributed by atoms with Crippen LogP contribution in [0.4, 0.5) is 4.79 Å². The molecule has 1 fully saturated rings. The average Bonchev–Trinajstić information content (AvgIpc) is 2.79. The molecule has 8 nitrogen and oxygen atoms in total. The number of hydroxylamine groups is 2. The predicted octanol–water partition coefficient (Wildman–Crippen LogP) is -0.459. The van der Waals surface area contributed by atoms with Gasteiger partial charge in [0.25, 0.3) is 5.91 Å². The molecule has 0 aromatic heterocycles. The molecule has 1 heterocycles. The first kappa shape index (κ1) is 14.8. The second kappa shape index (κ2) is 6.71. The summed E-state index contributed by atoms with van der Waals surface area (Å²) in [5, 5.41) is 3.20. The molecule has 0 saturated carbocycles. The van der Waals surface area contributed by atoms with Gasteiger partial charge in [0.15, 0.2) is 0 Å². The number of alkyl carbamates (subject to hydrolysis) is 1. The van der Waals surface area contributed by atoms with Gasteiger partial charge in [0, 0.05) is 0 Å². The van der Waals surface area contributed by atoms with Gasteiger partial charge in [-0.05, 0) is 5.56 Å². The first-order valence-electron chi connectivity index (χ1n) is 6.26. The summed E-state index contributed by atoms with van der Waals surface area (Å²) >= 11 is 0. The summed E-state index contributed by atoms with van der Waals surface area (Å²) in [6.45, 7) is -0.317. The number of carbonyl (C=O) groups excluding carboxylic acids is 3. The van der Waals surface area contributed by atoms with Gasteiger partial charge in [-0.2, -0.15) is 0 Å². The molecule has 1 saturated heterocycles. The van der Waals surface area contributed by atoms with Crippen LogP contribution in [0.2, 0.25) is 0 Å². The van der Waals surface area contributed by atoms with E-state index in [9.17, 15) is 14.4 Å². The van der Waals surface area contributed by atoms with Crippen molar-refractivity contribution >= 4 is 17.9 Å². The van der Waals surface area contributed by atoms with Crippen molar-refractivity contribution in [3.63, 3.8) is 0 Å². The number of nitrogens with one attached hydrogen (secondary N) is 1. The molecule has 1 unspecified atom stereocenters. The van der Waals surface area contributed by atoms with E-state index in [1.54, 1.807) is 0 Å². The summed E-state index contributed by atoms with van der Waals surface area (Å²) < 4.78 is 4.99. The molecule has 8 heteroatoms. The van der Waals surface area contributed by atoms with E-state index in [4.69, 9.17) is 15.3 Å². The lowest BCUT2D eigenvalue weighted by Gasteiger charge is -2.12. The number of rotatable bonds is 5. The minimum atomic E-state index is -0.882. The number of ether oxygens (including phenoxy) is 1. The molecule has 0 spiro atoms. The molecule has 0 radical (unpaired) electrons. The Bertz CT molecular complexity index is 534. The second-order valence-electron chi connectivity index (χ2n) is 4.40. The van der Waals surface area contributed by atoms with Gasteiger partial charge in [-0.25, -0.2) is 9.86 Å². The second-order valence-corrected chi connectivity index (χ2v) is 4.40. The van der Waals surface area contributed by atoms with Crippen LogP contribution in [-0.4, -0.2) is 42.2 Å². The Morgan fingerprint density at radius 2 is 2.10 bits per heavy atom. The highest BCUT2D eigenvalue weighted by Gasteiger charge is 2.35. The molecule has 1 aliphatic heterocycles. The third-order valence-corrected chi connectivity index (χ3v) is 2.75. The van der Waals surface area contributed by atoms with Crippen molar-refractivity contribution in [1.29, 1.82) is 0 Å². The minimum absolute atomic E-state index is 0.0629. The maximum atomic E-state index is 11.8. The quantitative estimate of drug-likeness (QED) is 0.763. The van der Waals surface area contributed by atoms with E-state index < -0.39 is 23.9 Å². The molecule has 1 atom stereocenters. The Morgan fingerprint density at radius 1 is 1.38 bits per heavy atom. The molecule has 112 valence electrons. The summed E-state index contributed by atoms with van der Waals surface area (Å²) in [6, 6.07) is 8.25. The average molecular weight is 293 g/mol. The van der Waals surface area contributed by atoms with Crippen LogP contribution in [0.1, 0.15) is 5.56 Å². The fourth-order valence-electron chi connectivity index (χ4n) is 1.75. The fourth-order valence-corrected chi connectivity index (χ4v) is 1.75. The third-order valence-electron chi connectivity index (χ3n) is 2.75. The number of hydrogen-bond acceptors (Lipinski definition) is 5. The third kappa shape index (κ3) is 4.18. The van der Waals surface area contributed by atoms with E-state index in [2.05, 4.69) is 5.32 Å². The van der Waals surface area contributed by atoms with E-state index in [0.29, 0.717) is 0 Å². The summed E-state index contributed by atoms with van der Waals surface area (Å²) in [5.41, 5.74) is 5.80. The normalized spacial score (nSPS) is 17.6. The summed E-state index contributed by atoms with van der Waals surface area (Å²) in [5.74, 6) is -1.24. The first-order valence-corrected chi connectivity index (χ1v) is 6.26. The summed E-state index contributed by atoms with van der Waals surface area (Å²) in [6.07, 6.45) is -0.735. The number of benzene rings is 1. The van der Waals surface area contributed by atoms with Gasteiger partial charge in [0.05, 0.1) is 0 Å². The molecule has 2 rings (SSSR count). The number of amides is 3. The van der Waals surface area contributed by atoms with Crippen molar-refractivity contribution < 1.29 is 24.0 Å². The zero-order chi connectivity index (χ0) is 15.2. The molecule has 0 aliphatic carbocycles. The SMILES string of the molecule is NC(=O)CN1OCC(NC(=O)OCc2ccccc2)C1=O. The Balaban J connectivity index is 1.78. The van der Waals surface area contributed by atoms with Gasteiger partial charge < -0.3 is 15.8 Å². The van der Waals surface area contributed by atoms with Crippen molar-refractivity contribution in [1.82, 2.24) is 10.4 Å². The number of primary amides is 1. The van der Waals surface area contributed by atoms with Crippen LogP contribution in [0.5, 0.6) is 0 Å². The van der Waals surface area contributed by atoms with E-state index in [1.165, 1.54) is 0 Å². The van der Waals surface area contributed by atoms with Crippen molar-refractivity contribution in [3.05, 3.63) is 35.9 Å². The van der Waals surface area contributed by atoms with Gasteiger partial charge in [-0.1, -0.05) is 30.3 Å². The Morgan fingerprint density at radius 3 is 2.76 bits per heavy atom. The van der Waals surface area contributed by atoms with Crippen LogP contribution in [-0.2, 0) is 25.8 Å². The minimum Gasteiger partial charge on any atom is -0.445 e. The number of carbonyl (C=O) groups is 3. The van der Waals surface area contributed by atoms with E-state index in [1.807, 2.05) is 30.3 Å². The van der Waals surface area contributed by atoms with Crippen LogP contribution in [0.25, 0.3) is 0 Å². The molecule has 3 amide bonds. The Hall–Kier alpha value is -2.61. The molecular formula is C13H15N3O5. The van der Waals surface area contributed by atoms with Gasteiger partial charge in [0.2, 0.25) is 5.91 Å². The zero-order valence-corrected chi connectivity index (χ0v) is 11.2. The van der Waals surface area contributed by atoms with Crippen LogP contribution in [0.3, 0.4) is 0 Å². The zero-order valence-electron chi connectivity index (χ0n) is 11.2. The van der Waals surface area contributed by atoms with Crippen molar-refractivity contribution in [2.45, 2.75) is 12.6 Å². The lowest BCUT2D eigenvalue weighted by molar-refractivity contribution is -0.165. The maximum Gasteiger partial charge on any atom is 0.408 e. The molecule has 1 aliphatic rings. The van der Waals surface area contributed by atoms with Gasteiger partial charge in [0.1, 0.15) is 25.8 Å². The number of hydrogen-bond donors (Lipinski definition) is 2. The smallest absolute Gasteiger partial charge is 0.408 e. The lowest BCUT2D eigenvalue weighted by Crippen LogP contribution is -2.44. The van der Waals surface area contributed by atoms with Crippen molar-refractivity contribution in [2.75, 3.05) is 13.2 Å². The molecule has 21 heavy (non-hydrogen) atoms. The standard InChI is InChI=1S/C13H15N3O5/c14-11(17)6-16-12(18)10(8-21-16)15-13(19)20-7-9-4-2-1-3-5-9/h1-5,10H,6-8H2,(H2,14,17)(H,15,19). The highest BCUT2D eigenvalue weighted by Crippen LogP contribution is 2.08. The van der Waals surface area contributed by atoms with Crippen LogP contribution < -0.4 is 11.1 Å². The topological polar surface area (TPSA) is 111 Å². The predicted molar refractivity (Wildman–Crippen MR) is 70.4 cm³/mol. The van der Waals surface area contributed by atoms with Crippen LogP contribution in [0.15, 0.2) is 30.3 Å². The monoisotopic (exact) mass is 293 g/mol. The number of nitrogens with two attached hydrogens (primary N) is 1. The maximum absolute atomic E-state index is 11.8. The summed E-state index contributed by atoms with van der Waals surface area (Å²) in [4.78, 5) is 39.1. The molecule has 0 bridgehead atoms. The largest absolute Gasteiger partial charge is 0.445 e. The molecule has 3 N–H and O–H groups in total. The summed E-state index contributed by atoms with van der Waals surface area (Å²) in [7, 11) is 0. The van der Waals surface area contributed by atoms with Crippen molar-refractivity contribution in [2.24, 2.45) is 5.73 Å². The van der Waals surface area contributed by atoms with Crippen LogP contribution in [0, 0.1) is 0 Å². The van der Waals surface area contributed by atoms with Gasteiger partial charge >= 0.3 is 6.09 Å². The Labute approximate surface area is 120 Å². The van der Waals surface area contributed by atoms with Gasteiger partial charge in [-0.3, -0.25) is 14.4 Å². The molecule has 1 aromatic rings.